The fourth-order valence-electron chi connectivity index (χ4n) is 2.89. The van der Waals surface area contributed by atoms with Crippen molar-refractivity contribution < 1.29 is 14.6 Å². The number of aromatic amines is 1. The van der Waals surface area contributed by atoms with Crippen LogP contribution >= 0.6 is 0 Å². The number of benzene rings is 1. The van der Waals surface area contributed by atoms with Gasteiger partial charge in [0, 0.05) is 38.2 Å². The zero-order chi connectivity index (χ0) is 16.9. The van der Waals surface area contributed by atoms with Crippen molar-refractivity contribution in [1.82, 2.24) is 14.9 Å². The minimum atomic E-state index is -0.916. The fraction of sp³-hybridized carbons (Fsp3) is 0.444. The number of carboxylic acids is 1. The number of carboxylic acid groups (broad SMARTS) is 1. The summed E-state index contributed by atoms with van der Waals surface area (Å²) in [5.74, 6) is -0.109. The van der Waals surface area contributed by atoms with Gasteiger partial charge >= 0.3 is 5.97 Å². The molecule has 0 bridgehead atoms. The molecule has 0 amide bonds. The van der Waals surface area contributed by atoms with E-state index < -0.39 is 5.97 Å². The maximum atomic E-state index is 10.9. The summed E-state index contributed by atoms with van der Waals surface area (Å²) in [4.78, 5) is 21.4. The van der Waals surface area contributed by atoms with Crippen molar-refractivity contribution in [1.29, 1.82) is 0 Å². The summed E-state index contributed by atoms with van der Waals surface area (Å²) >= 11 is 0. The first-order valence-corrected chi connectivity index (χ1v) is 8.39. The number of ether oxygens (including phenoxy) is 1. The highest BCUT2D eigenvalue weighted by atomic mass is 16.5. The van der Waals surface area contributed by atoms with Crippen molar-refractivity contribution >= 4 is 5.97 Å². The van der Waals surface area contributed by atoms with Crippen LogP contribution in [-0.4, -0.2) is 52.2 Å². The first kappa shape index (κ1) is 16.7. The number of H-pyrrole nitrogens is 1. The van der Waals surface area contributed by atoms with Crippen molar-refractivity contribution in [2.45, 2.75) is 26.3 Å². The van der Waals surface area contributed by atoms with E-state index in [1.807, 2.05) is 0 Å². The second-order valence-electron chi connectivity index (χ2n) is 6.03. The summed E-state index contributed by atoms with van der Waals surface area (Å²) in [6.45, 7) is 6.47. The summed E-state index contributed by atoms with van der Waals surface area (Å²) in [7, 11) is 0. The molecule has 0 spiro atoms. The Bertz CT molecular complexity index is 694. The van der Waals surface area contributed by atoms with Gasteiger partial charge in [0.15, 0.2) is 0 Å². The molecule has 6 heteroatoms. The SMILES string of the molecule is CCCOCCN1CCc2nc(-c3ccc(C(=O)O)cc3)[nH]c2C1. The van der Waals surface area contributed by atoms with Gasteiger partial charge in [-0.2, -0.15) is 0 Å². The number of hydrogen-bond acceptors (Lipinski definition) is 4. The smallest absolute Gasteiger partial charge is 0.335 e. The third kappa shape index (κ3) is 3.83. The van der Waals surface area contributed by atoms with Gasteiger partial charge in [-0.1, -0.05) is 19.1 Å². The van der Waals surface area contributed by atoms with Gasteiger partial charge in [-0.25, -0.2) is 9.78 Å². The topological polar surface area (TPSA) is 78.4 Å². The average molecular weight is 329 g/mol. The monoisotopic (exact) mass is 329 g/mol. The molecule has 0 aliphatic carbocycles. The van der Waals surface area contributed by atoms with Gasteiger partial charge < -0.3 is 14.8 Å². The Labute approximate surface area is 141 Å². The van der Waals surface area contributed by atoms with Crippen LogP contribution in [0.4, 0.5) is 0 Å². The molecular formula is C18H23N3O3. The normalized spacial score (nSPS) is 14.5. The molecule has 2 aromatic rings. The van der Waals surface area contributed by atoms with Crippen LogP contribution in [0.15, 0.2) is 24.3 Å². The van der Waals surface area contributed by atoms with Crippen molar-refractivity contribution in [3.63, 3.8) is 0 Å². The van der Waals surface area contributed by atoms with E-state index in [-0.39, 0.29) is 5.56 Å². The van der Waals surface area contributed by atoms with E-state index in [0.717, 1.165) is 68.5 Å². The summed E-state index contributed by atoms with van der Waals surface area (Å²) < 4.78 is 5.56. The third-order valence-electron chi connectivity index (χ3n) is 4.22. The molecule has 0 atom stereocenters. The lowest BCUT2D eigenvalue weighted by Crippen LogP contribution is -2.33. The highest BCUT2D eigenvalue weighted by molar-refractivity contribution is 5.88. The predicted octanol–water partition coefficient (Wildman–Crippen LogP) is 2.56. The van der Waals surface area contributed by atoms with Crippen LogP contribution in [0.3, 0.4) is 0 Å². The molecule has 24 heavy (non-hydrogen) atoms. The molecule has 0 saturated carbocycles. The Kier molecular flexibility index (Phi) is 5.27. The molecule has 1 aliphatic rings. The molecule has 1 aliphatic heterocycles. The minimum absolute atomic E-state index is 0.285. The number of aromatic carboxylic acids is 1. The third-order valence-corrected chi connectivity index (χ3v) is 4.22. The molecule has 2 heterocycles. The minimum Gasteiger partial charge on any atom is -0.478 e. The molecule has 128 valence electrons. The zero-order valence-corrected chi connectivity index (χ0v) is 13.9. The highest BCUT2D eigenvalue weighted by Crippen LogP contribution is 2.23. The maximum Gasteiger partial charge on any atom is 0.335 e. The Hall–Kier alpha value is -2.18. The van der Waals surface area contributed by atoms with Gasteiger partial charge in [0.05, 0.1) is 23.6 Å². The van der Waals surface area contributed by atoms with Gasteiger partial charge in [-0.05, 0) is 18.6 Å². The Morgan fingerprint density at radius 3 is 2.83 bits per heavy atom. The van der Waals surface area contributed by atoms with E-state index >= 15 is 0 Å². The summed E-state index contributed by atoms with van der Waals surface area (Å²) in [6, 6.07) is 6.81. The molecule has 2 N–H and O–H groups in total. The van der Waals surface area contributed by atoms with E-state index in [0.29, 0.717) is 0 Å². The lowest BCUT2D eigenvalue weighted by Gasteiger charge is -2.25. The molecule has 1 aromatic carbocycles. The number of carbonyl (C=O) groups is 1. The number of hydrogen-bond donors (Lipinski definition) is 2. The fourth-order valence-corrected chi connectivity index (χ4v) is 2.89. The molecule has 0 saturated heterocycles. The molecule has 6 nitrogen and oxygen atoms in total. The van der Waals surface area contributed by atoms with E-state index in [4.69, 9.17) is 9.84 Å². The van der Waals surface area contributed by atoms with Crippen LogP contribution < -0.4 is 0 Å². The summed E-state index contributed by atoms with van der Waals surface area (Å²) in [5.41, 5.74) is 3.45. The number of imidazole rings is 1. The van der Waals surface area contributed by atoms with Crippen LogP contribution in [0.2, 0.25) is 0 Å². The Balaban J connectivity index is 1.65. The van der Waals surface area contributed by atoms with Gasteiger partial charge in [-0.15, -0.1) is 0 Å². The molecule has 0 unspecified atom stereocenters. The number of nitrogens with zero attached hydrogens (tertiary/aromatic N) is 2. The second kappa shape index (κ2) is 7.59. The Morgan fingerprint density at radius 2 is 2.12 bits per heavy atom. The quantitative estimate of drug-likeness (QED) is 0.763. The van der Waals surface area contributed by atoms with E-state index in [9.17, 15) is 4.79 Å². The van der Waals surface area contributed by atoms with Crippen LogP contribution in [0.1, 0.15) is 35.1 Å². The van der Waals surface area contributed by atoms with Crippen molar-refractivity contribution in [2.24, 2.45) is 0 Å². The van der Waals surface area contributed by atoms with Crippen LogP contribution in [0.5, 0.6) is 0 Å². The average Bonchev–Trinajstić information content (AvgIpc) is 3.02. The van der Waals surface area contributed by atoms with E-state index in [1.54, 1.807) is 24.3 Å². The number of nitrogens with one attached hydrogen (secondary N) is 1. The first-order chi connectivity index (χ1) is 11.7. The van der Waals surface area contributed by atoms with Gasteiger partial charge in [0.25, 0.3) is 0 Å². The lowest BCUT2D eigenvalue weighted by atomic mass is 10.1. The largest absolute Gasteiger partial charge is 0.478 e. The van der Waals surface area contributed by atoms with Crippen molar-refractivity contribution in [2.75, 3.05) is 26.3 Å². The zero-order valence-electron chi connectivity index (χ0n) is 13.9. The predicted molar refractivity (Wildman–Crippen MR) is 91.1 cm³/mol. The highest BCUT2D eigenvalue weighted by Gasteiger charge is 2.20. The maximum absolute atomic E-state index is 10.9. The van der Waals surface area contributed by atoms with Gasteiger partial charge in [0.2, 0.25) is 0 Å². The molecule has 3 rings (SSSR count). The molecule has 0 fully saturated rings. The van der Waals surface area contributed by atoms with Crippen LogP contribution in [0.25, 0.3) is 11.4 Å². The van der Waals surface area contributed by atoms with Crippen LogP contribution in [0, 0.1) is 0 Å². The molecule has 1 aromatic heterocycles. The second-order valence-corrected chi connectivity index (χ2v) is 6.03. The lowest BCUT2D eigenvalue weighted by molar-refractivity contribution is 0.0697. The van der Waals surface area contributed by atoms with E-state index in [1.165, 1.54) is 0 Å². The van der Waals surface area contributed by atoms with Crippen molar-refractivity contribution in [3.8, 4) is 11.4 Å². The summed E-state index contributed by atoms with van der Waals surface area (Å²) in [6.07, 6.45) is 1.97. The van der Waals surface area contributed by atoms with Gasteiger partial charge in [-0.3, -0.25) is 4.90 Å². The first-order valence-electron chi connectivity index (χ1n) is 8.39. The van der Waals surface area contributed by atoms with Crippen molar-refractivity contribution in [3.05, 3.63) is 41.2 Å². The molecular weight excluding hydrogens is 306 g/mol. The van der Waals surface area contributed by atoms with Crippen LogP contribution in [-0.2, 0) is 17.7 Å². The standard InChI is InChI=1S/C18H23N3O3/c1-2-10-24-11-9-21-8-7-15-16(12-21)20-17(19-15)13-3-5-14(6-4-13)18(22)23/h3-6H,2,7-12H2,1H3,(H,19,20)(H,22,23). The number of rotatable bonds is 7. The molecule has 0 radical (unpaired) electrons. The number of aromatic nitrogens is 2. The van der Waals surface area contributed by atoms with Gasteiger partial charge in [0.1, 0.15) is 5.82 Å². The number of fused-ring (bicyclic) bond motifs is 1. The summed E-state index contributed by atoms with van der Waals surface area (Å²) in [5, 5.41) is 8.97. The van der Waals surface area contributed by atoms with E-state index in [2.05, 4.69) is 21.8 Å². The Morgan fingerprint density at radius 1 is 1.33 bits per heavy atom.